The smallest absolute Gasteiger partial charge is 0.219 e. The summed E-state index contributed by atoms with van der Waals surface area (Å²) in [5, 5.41) is 2.48. The molecule has 0 spiro atoms. The van der Waals surface area contributed by atoms with E-state index in [0.29, 0.717) is 12.2 Å². The van der Waals surface area contributed by atoms with Crippen LogP contribution in [0.4, 0.5) is 4.39 Å². The van der Waals surface area contributed by atoms with Crippen molar-refractivity contribution in [1.82, 2.24) is 5.32 Å². The Kier molecular flexibility index (Phi) is 5.30. The summed E-state index contributed by atoms with van der Waals surface area (Å²) in [6.07, 6.45) is 0.894. The van der Waals surface area contributed by atoms with E-state index in [2.05, 4.69) is 5.32 Å². The summed E-state index contributed by atoms with van der Waals surface area (Å²) in [5.74, 6) is -0.476. The largest absolute Gasteiger partial charge is 0.496 e. The minimum atomic E-state index is -0.481. The monoisotopic (exact) mass is 253 g/mol. The highest BCUT2D eigenvalue weighted by Gasteiger charge is 2.13. The molecule has 98 valence electrons. The highest BCUT2D eigenvalue weighted by Crippen LogP contribution is 2.21. The molecule has 0 aliphatic heterocycles. The van der Waals surface area contributed by atoms with Crippen molar-refractivity contribution in [2.45, 2.75) is 19.3 Å². The molecule has 0 atom stereocenters. The van der Waals surface area contributed by atoms with Crippen molar-refractivity contribution >= 4 is 11.7 Å². The number of carbonyl (C=O) groups excluding carboxylic acids is 2. The van der Waals surface area contributed by atoms with E-state index in [1.54, 1.807) is 7.05 Å². The average molecular weight is 253 g/mol. The molecule has 0 unspecified atom stereocenters. The standard InChI is InChI=1S/C13H16FNO3/c1-15-13(17)5-3-4-11(16)10-8-9(14)6-7-12(10)18-2/h6-8H,3-5H2,1-2H3,(H,15,17). The van der Waals surface area contributed by atoms with Crippen LogP contribution in [-0.2, 0) is 4.79 Å². The molecule has 1 aromatic carbocycles. The van der Waals surface area contributed by atoms with Crippen LogP contribution >= 0.6 is 0 Å². The first-order valence-corrected chi connectivity index (χ1v) is 5.65. The number of Topliss-reactive ketones (excluding diaryl/α,β-unsaturated/α-hetero) is 1. The number of amides is 1. The first kappa shape index (κ1) is 14.2. The van der Waals surface area contributed by atoms with Crippen LogP contribution in [0, 0.1) is 5.82 Å². The molecule has 0 bridgehead atoms. The van der Waals surface area contributed by atoms with E-state index in [4.69, 9.17) is 4.74 Å². The Labute approximate surface area is 105 Å². The number of rotatable bonds is 6. The minimum Gasteiger partial charge on any atom is -0.496 e. The van der Waals surface area contributed by atoms with E-state index in [9.17, 15) is 14.0 Å². The van der Waals surface area contributed by atoms with Crippen LogP contribution in [0.5, 0.6) is 5.75 Å². The zero-order valence-corrected chi connectivity index (χ0v) is 10.5. The highest BCUT2D eigenvalue weighted by atomic mass is 19.1. The van der Waals surface area contributed by atoms with Gasteiger partial charge in [-0.25, -0.2) is 4.39 Å². The Hall–Kier alpha value is -1.91. The van der Waals surface area contributed by atoms with E-state index in [0.717, 1.165) is 6.07 Å². The number of hydrogen-bond acceptors (Lipinski definition) is 3. The summed E-state index contributed by atoms with van der Waals surface area (Å²) < 4.78 is 18.1. The van der Waals surface area contributed by atoms with E-state index in [1.165, 1.54) is 19.2 Å². The Morgan fingerprint density at radius 2 is 2.06 bits per heavy atom. The predicted molar refractivity (Wildman–Crippen MR) is 65.2 cm³/mol. The zero-order chi connectivity index (χ0) is 13.5. The summed E-state index contributed by atoms with van der Waals surface area (Å²) in [5.41, 5.74) is 0.217. The van der Waals surface area contributed by atoms with Gasteiger partial charge in [-0.05, 0) is 24.6 Å². The third-order valence-corrected chi connectivity index (χ3v) is 2.55. The van der Waals surface area contributed by atoms with Crippen molar-refractivity contribution in [2.24, 2.45) is 0 Å². The van der Waals surface area contributed by atoms with Gasteiger partial charge in [-0.2, -0.15) is 0 Å². The second-order valence-corrected chi connectivity index (χ2v) is 3.79. The number of carbonyl (C=O) groups is 2. The van der Waals surface area contributed by atoms with Crippen LogP contribution in [0.1, 0.15) is 29.6 Å². The molecule has 0 heterocycles. The molecular weight excluding hydrogens is 237 g/mol. The van der Waals surface area contributed by atoms with Crippen molar-refractivity contribution < 1.29 is 18.7 Å². The normalized spacial score (nSPS) is 9.94. The van der Waals surface area contributed by atoms with E-state index >= 15 is 0 Å². The summed E-state index contributed by atoms with van der Waals surface area (Å²) in [6.45, 7) is 0. The molecule has 0 aromatic heterocycles. The number of halogens is 1. The molecule has 0 saturated carbocycles. The van der Waals surface area contributed by atoms with Gasteiger partial charge in [0, 0.05) is 19.9 Å². The van der Waals surface area contributed by atoms with Gasteiger partial charge >= 0.3 is 0 Å². The zero-order valence-electron chi connectivity index (χ0n) is 10.5. The number of nitrogens with one attached hydrogen (secondary N) is 1. The molecule has 0 aliphatic rings. The van der Waals surface area contributed by atoms with Gasteiger partial charge in [-0.3, -0.25) is 9.59 Å². The van der Waals surface area contributed by atoms with Crippen LogP contribution in [0.25, 0.3) is 0 Å². The Morgan fingerprint density at radius 1 is 1.33 bits per heavy atom. The molecule has 1 N–H and O–H groups in total. The maximum atomic E-state index is 13.1. The van der Waals surface area contributed by atoms with Crippen molar-refractivity contribution in [3.05, 3.63) is 29.6 Å². The van der Waals surface area contributed by atoms with Gasteiger partial charge in [0.25, 0.3) is 0 Å². The second-order valence-electron chi connectivity index (χ2n) is 3.79. The predicted octanol–water partition coefficient (Wildman–Crippen LogP) is 1.93. The van der Waals surface area contributed by atoms with Gasteiger partial charge < -0.3 is 10.1 Å². The Morgan fingerprint density at radius 3 is 2.67 bits per heavy atom. The number of ether oxygens (including phenoxy) is 1. The quantitative estimate of drug-likeness (QED) is 0.788. The molecular formula is C13H16FNO3. The average Bonchev–Trinajstić information content (AvgIpc) is 2.38. The van der Waals surface area contributed by atoms with Gasteiger partial charge in [-0.15, -0.1) is 0 Å². The lowest BCUT2D eigenvalue weighted by Gasteiger charge is -2.07. The number of hydrogen-bond donors (Lipinski definition) is 1. The Balaban J connectivity index is 2.66. The maximum Gasteiger partial charge on any atom is 0.219 e. The first-order chi connectivity index (χ1) is 8.58. The molecule has 1 rings (SSSR count). The molecule has 0 radical (unpaired) electrons. The third-order valence-electron chi connectivity index (χ3n) is 2.55. The van der Waals surface area contributed by atoms with Crippen LogP contribution in [0.3, 0.4) is 0 Å². The summed E-state index contributed by atoms with van der Waals surface area (Å²) in [4.78, 5) is 22.9. The lowest BCUT2D eigenvalue weighted by molar-refractivity contribution is -0.120. The molecule has 1 amide bonds. The van der Waals surface area contributed by atoms with E-state index < -0.39 is 5.82 Å². The van der Waals surface area contributed by atoms with Crippen LogP contribution in [-0.4, -0.2) is 25.8 Å². The van der Waals surface area contributed by atoms with Crippen LogP contribution in [0.15, 0.2) is 18.2 Å². The first-order valence-electron chi connectivity index (χ1n) is 5.65. The lowest BCUT2D eigenvalue weighted by atomic mass is 10.0. The van der Waals surface area contributed by atoms with Gasteiger partial charge in [-0.1, -0.05) is 0 Å². The molecule has 0 saturated heterocycles. The van der Waals surface area contributed by atoms with Crippen molar-refractivity contribution in [2.75, 3.05) is 14.2 Å². The van der Waals surface area contributed by atoms with E-state index in [1.807, 2.05) is 0 Å². The van der Waals surface area contributed by atoms with Crippen LogP contribution < -0.4 is 10.1 Å². The van der Waals surface area contributed by atoms with Gasteiger partial charge in [0.2, 0.25) is 5.91 Å². The van der Waals surface area contributed by atoms with Crippen molar-refractivity contribution in [1.29, 1.82) is 0 Å². The fourth-order valence-corrected chi connectivity index (χ4v) is 1.57. The third kappa shape index (κ3) is 3.84. The van der Waals surface area contributed by atoms with Gasteiger partial charge in [0.15, 0.2) is 5.78 Å². The summed E-state index contributed by atoms with van der Waals surface area (Å²) in [7, 11) is 2.97. The van der Waals surface area contributed by atoms with Crippen LogP contribution in [0.2, 0.25) is 0 Å². The maximum absolute atomic E-state index is 13.1. The molecule has 18 heavy (non-hydrogen) atoms. The SMILES string of the molecule is CNC(=O)CCCC(=O)c1cc(F)ccc1OC. The van der Waals surface area contributed by atoms with Gasteiger partial charge in [0.1, 0.15) is 11.6 Å². The highest BCUT2D eigenvalue weighted by molar-refractivity contribution is 5.98. The number of methoxy groups -OCH3 is 1. The molecule has 5 heteroatoms. The topological polar surface area (TPSA) is 55.4 Å². The Bertz CT molecular complexity index is 446. The number of ketones is 1. The molecule has 4 nitrogen and oxygen atoms in total. The molecule has 0 aliphatic carbocycles. The lowest BCUT2D eigenvalue weighted by Crippen LogP contribution is -2.17. The fraction of sp³-hybridized carbons (Fsp3) is 0.385. The summed E-state index contributed by atoms with van der Waals surface area (Å²) in [6, 6.07) is 3.81. The fourth-order valence-electron chi connectivity index (χ4n) is 1.57. The van der Waals surface area contributed by atoms with Gasteiger partial charge in [0.05, 0.1) is 12.7 Å². The second kappa shape index (κ2) is 6.74. The van der Waals surface area contributed by atoms with Crippen molar-refractivity contribution in [3.63, 3.8) is 0 Å². The van der Waals surface area contributed by atoms with Crippen molar-refractivity contribution in [3.8, 4) is 5.75 Å². The number of benzene rings is 1. The molecule has 0 fully saturated rings. The minimum absolute atomic E-state index is 0.117. The van der Waals surface area contributed by atoms with E-state index in [-0.39, 0.29) is 30.1 Å². The summed E-state index contributed by atoms with van der Waals surface area (Å²) >= 11 is 0. The molecule has 1 aromatic rings.